The number of non-ortho nitro benzene ring substituents is 1. The van der Waals surface area contributed by atoms with Crippen molar-refractivity contribution in [1.29, 1.82) is 0 Å². The van der Waals surface area contributed by atoms with E-state index >= 15 is 0 Å². The van der Waals surface area contributed by atoms with Crippen molar-refractivity contribution in [3.63, 3.8) is 0 Å². The second-order valence-electron chi connectivity index (χ2n) is 4.43. The molecular formula is C16H13NO5. The Kier molecular flexibility index (Phi) is 4.53. The standard InChI is InChI=1S/C16H13NO5/c1-22-16-10-11(3-9-15(16)19)2-8-14(18)12-4-6-13(7-5-12)17(20)21/h2-10,19H,1H3/b8-2+. The number of phenolic OH excluding ortho intramolecular Hbond substituents is 1. The minimum Gasteiger partial charge on any atom is -0.504 e. The van der Waals surface area contributed by atoms with Gasteiger partial charge < -0.3 is 9.84 Å². The van der Waals surface area contributed by atoms with Crippen molar-refractivity contribution >= 4 is 17.5 Å². The number of aromatic hydroxyl groups is 1. The number of allylic oxidation sites excluding steroid dienone is 1. The SMILES string of the molecule is COc1cc(/C=C/C(=O)c2ccc([N+](=O)[O-])cc2)ccc1O. The number of hydrogen-bond donors (Lipinski definition) is 1. The summed E-state index contributed by atoms with van der Waals surface area (Å²) < 4.78 is 4.98. The summed E-state index contributed by atoms with van der Waals surface area (Å²) in [5, 5.41) is 20.0. The molecule has 2 aromatic rings. The fraction of sp³-hybridized carbons (Fsp3) is 0.0625. The molecular weight excluding hydrogens is 286 g/mol. The average molecular weight is 299 g/mol. The van der Waals surface area contributed by atoms with Gasteiger partial charge in [0.25, 0.3) is 5.69 Å². The highest BCUT2D eigenvalue weighted by Gasteiger charge is 2.07. The van der Waals surface area contributed by atoms with E-state index in [4.69, 9.17) is 4.74 Å². The zero-order chi connectivity index (χ0) is 16.1. The summed E-state index contributed by atoms with van der Waals surface area (Å²) in [5.74, 6) is 0.0493. The van der Waals surface area contributed by atoms with E-state index in [1.54, 1.807) is 18.2 Å². The first kappa shape index (κ1) is 15.2. The lowest BCUT2D eigenvalue weighted by molar-refractivity contribution is -0.384. The first-order valence-electron chi connectivity index (χ1n) is 6.35. The number of benzene rings is 2. The number of nitro benzene ring substituents is 1. The van der Waals surface area contributed by atoms with E-state index in [2.05, 4.69) is 0 Å². The Labute approximate surface area is 126 Å². The number of hydrogen-bond acceptors (Lipinski definition) is 5. The molecule has 0 aliphatic carbocycles. The predicted molar refractivity (Wildman–Crippen MR) is 81.1 cm³/mol. The van der Waals surface area contributed by atoms with Crippen molar-refractivity contribution < 1.29 is 19.6 Å². The van der Waals surface area contributed by atoms with E-state index in [0.717, 1.165) is 0 Å². The maximum absolute atomic E-state index is 12.0. The van der Waals surface area contributed by atoms with Crippen LogP contribution >= 0.6 is 0 Å². The molecule has 0 radical (unpaired) electrons. The van der Waals surface area contributed by atoms with Crippen molar-refractivity contribution in [2.75, 3.05) is 7.11 Å². The Bertz CT molecular complexity index is 735. The van der Waals surface area contributed by atoms with Crippen LogP contribution in [-0.4, -0.2) is 22.9 Å². The van der Waals surface area contributed by atoms with Gasteiger partial charge in [-0.15, -0.1) is 0 Å². The molecule has 0 saturated carbocycles. The van der Waals surface area contributed by atoms with Crippen LogP contribution in [0.2, 0.25) is 0 Å². The summed E-state index contributed by atoms with van der Waals surface area (Å²) in [6.07, 6.45) is 2.93. The Morgan fingerprint density at radius 1 is 1.23 bits per heavy atom. The molecule has 0 atom stereocenters. The van der Waals surface area contributed by atoms with E-state index in [9.17, 15) is 20.0 Å². The quantitative estimate of drug-likeness (QED) is 0.396. The van der Waals surface area contributed by atoms with Crippen molar-refractivity contribution in [1.82, 2.24) is 0 Å². The lowest BCUT2D eigenvalue weighted by Gasteiger charge is -2.03. The van der Waals surface area contributed by atoms with Crippen LogP contribution in [0.1, 0.15) is 15.9 Å². The van der Waals surface area contributed by atoms with Crippen molar-refractivity contribution in [3.8, 4) is 11.5 Å². The number of nitrogens with zero attached hydrogens (tertiary/aromatic N) is 1. The fourth-order valence-corrected chi connectivity index (χ4v) is 1.81. The average Bonchev–Trinajstić information content (AvgIpc) is 2.53. The molecule has 6 nitrogen and oxygen atoms in total. The zero-order valence-corrected chi connectivity index (χ0v) is 11.7. The largest absolute Gasteiger partial charge is 0.504 e. The van der Waals surface area contributed by atoms with Gasteiger partial charge in [-0.05, 0) is 35.9 Å². The number of methoxy groups -OCH3 is 1. The van der Waals surface area contributed by atoms with Crippen LogP contribution in [0.5, 0.6) is 11.5 Å². The molecule has 0 aromatic heterocycles. The summed E-state index contributed by atoms with van der Waals surface area (Å²) in [6, 6.07) is 10.1. The molecule has 1 N–H and O–H groups in total. The molecule has 0 heterocycles. The minimum atomic E-state index is -0.521. The highest BCUT2D eigenvalue weighted by Crippen LogP contribution is 2.26. The van der Waals surface area contributed by atoms with Crippen LogP contribution in [0.25, 0.3) is 6.08 Å². The third-order valence-corrected chi connectivity index (χ3v) is 2.99. The van der Waals surface area contributed by atoms with Crippen LogP contribution in [0.15, 0.2) is 48.5 Å². The normalized spacial score (nSPS) is 10.6. The Morgan fingerprint density at radius 2 is 1.91 bits per heavy atom. The number of nitro groups is 1. The third kappa shape index (κ3) is 3.49. The van der Waals surface area contributed by atoms with Crippen molar-refractivity contribution in [3.05, 3.63) is 69.8 Å². The Morgan fingerprint density at radius 3 is 2.50 bits per heavy atom. The van der Waals surface area contributed by atoms with E-state index in [-0.39, 0.29) is 17.2 Å². The molecule has 0 aliphatic rings. The summed E-state index contributed by atoms with van der Waals surface area (Å²) >= 11 is 0. The van der Waals surface area contributed by atoms with Crippen LogP contribution in [0.4, 0.5) is 5.69 Å². The molecule has 112 valence electrons. The smallest absolute Gasteiger partial charge is 0.269 e. The summed E-state index contributed by atoms with van der Waals surface area (Å²) in [7, 11) is 1.44. The van der Waals surface area contributed by atoms with Gasteiger partial charge in [-0.1, -0.05) is 12.1 Å². The topological polar surface area (TPSA) is 89.7 Å². The van der Waals surface area contributed by atoms with Gasteiger partial charge in [-0.2, -0.15) is 0 Å². The highest BCUT2D eigenvalue weighted by molar-refractivity contribution is 6.06. The summed E-state index contributed by atoms with van der Waals surface area (Å²) in [5.41, 5.74) is 0.973. The van der Waals surface area contributed by atoms with E-state index in [0.29, 0.717) is 16.9 Å². The monoisotopic (exact) mass is 299 g/mol. The second-order valence-corrected chi connectivity index (χ2v) is 4.43. The maximum atomic E-state index is 12.0. The van der Waals surface area contributed by atoms with Gasteiger partial charge in [0, 0.05) is 17.7 Å². The summed E-state index contributed by atoms with van der Waals surface area (Å²) in [4.78, 5) is 22.0. The molecule has 0 saturated heterocycles. The molecule has 6 heteroatoms. The lowest BCUT2D eigenvalue weighted by atomic mass is 10.1. The van der Waals surface area contributed by atoms with Crippen LogP contribution < -0.4 is 4.74 Å². The van der Waals surface area contributed by atoms with Gasteiger partial charge in [0.1, 0.15) is 0 Å². The van der Waals surface area contributed by atoms with Crippen molar-refractivity contribution in [2.45, 2.75) is 0 Å². The number of carbonyl (C=O) groups is 1. The van der Waals surface area contributed by atoms with Crippen LogP contribution in [-0.2, 0) is 0 Å². The van der Waals surface area contributed by atoms with Gasteiger partial charge in [-0.25, -0.2) is 0 Å². The Balaban J connectivity index is 2.15. The molecule has 22 heavy (non-hydrogen) atoms. The molecule has 2 rings (SSSR count). The van der Waals surface area contributed by atoms with E-state index < -0.39 is 4.92 Å². The van der Waals surface area contributed by atoms with E-state index in [1.165, 1.54) is 43.5 Å². The van der Waals surface area contributed by atoms with Crippen LogP contribution in [0.3, 0.4) is 0 Å². The van der Waals surface area contributed by atoms with Crippen LogP contribution in [0, 0.1) is 10.1 Å². The number of rotatable bonds is 5. The van der Waals surface area contributed by atoms with E-state index in [1.807, 2.05) is 0 Å². The lowest BCUT2D eigenvalue weighted by Crippen LogP contribution is -1.95. The zero-order valence-electron chi connectivity index (χ0n) is 11.7. The third-order valence-electron chi connectivity index (χ3n) is 2.99. The molecule has 0 unspecified atom stereocenters. The minimum absolute atomic E-state index is 0.0151. The molecule has 2 aromatic carbocycles. The number of ketones is 1. The van der Waals surface area contributed by atoms with Crippen molar-refractivity contribution in [2.24, 2.45) is 0 Å². The first-order chi connectivity index (χ1) is 10.5. The highest BCUT2D eigenvalue weighted by atomic mass is 16.6. The molecule has 0 fully saturated rings. The van der Waals surface area contributed by atoms with Gasteiger partial charge in [0.2, 0.25) is 0 Å². The Hall–Kier alpha value is -3.15. The second kappa shape index (κ2) is 6.53. The van der Waals surface area contributed by atoms with Gasteiger partial charge >= 0.3 is 0 Å². The maximum Gasteiger partial charge on any atom is 0.269 e. The molecule has 0 bridgehead atoms. The first-order valence-corrected chi connectivity index (χ1v) is 6.35. The van der Waals surface area contributed by atoms with Gasteiger partial charge in [-0.3, -0.25) is 14.9 Å². The molecule has 0 spiro atoms. The van der Waals surface area contributed by atoms with Gasteiger partial charge in [0.15, 0.2) is 17.3 Å². The number of phenols is 1. The summed E-state index contributed by atoms with van der Waals surface area (Å²) in [6.45, 7) is 0. The predicted octanol–water partition coefficient (Wildman–Crippen LogP) is 3.21. The molecule has 0 aliphatic heterocycles. The van der Waals surface area contributed by atoms with Gasteiger partial charge in [0.05, 0.1) is 12.0 Å². The fourth-order valence-electron chi connectivity index (χ4n) is 1.81. The number of carbonyl (C=O) groups excluding carboxylic acids is 1. The molecule has 0 amide bonds. The number of ether oxygens (including phenoxy) is 1.